The molecule has 0 bridgehead atoms. The minimum absolute atomic E-state index is 0. The minimum Gasteiger partial charge on any atom is -1.00 e. The zero-order chi connectivity index (χ0) is 21.3. The number of halogens is 3. The van der Waals surface area contributed by atoms with Gasteiger partial charge < -0.3 is 37.2 Å². The molecule has 170 valence electrons. The first kappa shape index (κ1) is 29.8. The summed E-state index contributed by atoms with van der Waals surface area (Å²) < 4.78 is 1.44. The van der Waals surface area contributed by atoms with Crippen LogP contribution in [0.3, 0.4) is 0 Å². The van der Waals surface area contributed by atoms with Crippen LogP contribution in [0.1, 0.15) is 53.1 Å². The van der Waals surface area contributed by atoms with E-state index in [2.05, 4.69) is 127 Å². The van der Waals surface area contributed by atoms with Crippen LogP contribution in [0, 0.1) is 20.8 Å². The Morgan fingerprint density at radius 2 is 1.09 bits per heavy atom. The Bertz CT molecular complexity index is 1050. The van der Waals surface area contributed by atoms with Crippen LogP contribution in [0.4, 0.5) is 0 Å². The summed E-state index contributed by atoms with van der Waals surface area (Å²) in [6, 6.07) is 27.4. The third-order valence-electron chi connectivity index (χ3n) is 6.36. The van der Waals surface area contributed by atoms with Crippen LogP contribution in [0.25, 0.3) is 0 Å². The fraction of sp³-hybridized carbons (Fsp3) is 0.241. The second-order valence-electron chi connectivity index (χ2n) is 8.49. The topological polar surface area (TPSA) is 0 Å². The van der Waals surface area contributed by atoms with Crippen LogP contribution >= 0.6 is 0 Å². The molecule has 1 aliphatic carbocycles. The van der Waals surface area contributed by atoms with Crippen molar-refractivity contribution in [1.82, 2.24) is 0 Å². The molecule has 33 heavy (non-hydrogen) atoms. The molecule has 0 radical (unpaired) electrons. The molecule has 4 rings (SSSR count). The van der Waals surface area contributed by atoms with E-state index in [9.17, 15) is 0 Å². The molecule has 0 spiro atoms. The van der Waals surface area contributed by atoms with E-state index in [1.54, 1.807) is 0 Å². The van der Waals surface area contributed by atoms with E-state index in [-0.39, 0.29) is 42.6 Å². The maximum atomic E-state index is 2.42. The molecule has 1 aliphatic rings. The summed E-state index contributed by atoms with van der Waals surface area (Å²) in [4.78, 5) is 0. The van der Waals surface area contributed by atoms with E-state index in [1.807, 2.05) is 0 Å². The summed E-state index contributed by atoms with van der Waals surface area (Å²) in [5, 5.41) is 0. The molecule has 0 heterocycles. The Kier molecular flexibility index (Phi) is 11.2. The van der Waals surface area contributed by atoms with Crippen LogP contribution < -0.4 is 37.2 Å². The number of allylic oxidation sites excluding steroid dienone is 4. The van der Waals surface area contributed by atoms with Gasteiger partial charge in [0.2, 0.25) is 0 Å². The monoisotopic (exact) mass is 530 g/mol. The van der Waals surface area contributed by atoms with Crippen LogP contribution in [-0.4, -0.2) is 0 Å². The van der Waals surface area contributed by atoms with Crippen molar-refractivity contribution >= 4 is 0 Å². The third kappa shape index (κ3) is 5.53. The first-order valence-corrected chi connectivity index (χ1v) is 11.6. The van der Waals surface area contributed by atoms with Gasteiger partial charge in [0, 0.05) is 0 Å². The maximum absolute atomic E-state index is 2.42. The second-order valence-corrected chi connectivity index (χ2v) is 9.33. The van der Waals surface area contributed by atoms with E-state index in [0.717, 1.165) is 12.8 Å². The fourth-order valence-electron chi connectivity index (χ4n) is 5.05. The molecular formula is C29H29Cl3Ti. The summed E-state index contributed by atoms with van der Waals surface area (Å²) in [5.41, 5.74) is 10.8. The van der Waals surface area contributed by atoms with Crippen molar-refractivity contribution in [2.24, 2.45) is 0 Å². The maximum Gasteiger partial charge on any atom is -1.00 e. The van der Waals surface area contributed by atoms with Crippen molar-refractivity contribution in [1.29, 1.82) is 0 Å². The number of aryl methyl sites for hydroxylation is 3. The van der Waals surface area contributed by atoms with Crippen molar-refractivity contribution in [3.8, 4) is 0 Å². The van der Waals surface area contributed by atoms with Crippen LogP contribution in [-0.2, 0) is 25.9 Å². The molecule has 3 aromatic carbocycles. The summed E-state index contributed by atoms with van der Waals surface area (Å²) in [6.07, 6.45) is 4.48. The molecule has 0 unspecified atom stereocenters. The van der Waals surface area contributed by atoms with E-state index >= 15 is 0 Å². The van der Waals surface area contributed by atoms with E-state index in [0.29, 0.717) is 0 Å². The van der Waals surface area contributed by atoms with Crippen LogP contribution in [0.15, 0.2) is 93.9 Å². The zero-order valence-corrected chi connectivity index (χ0v) is 23.4. The van der Waals surface area contributed by atoms with Crippen molar-refractivity contribution in [3.63, 3.8) is 0 Å². The van der Waals surface area contributed by atoms with Crippen molar-refractivity contribution in [3.05, 3.63) is 127 Å². The predicted molar refractivity (Wildman–Crippen MR) is 123 cm³/mol. The average molecular weight is 532 g/mol. The van der Waals surface area contributed by atoms with Gasteiger partial charge in [0.05, 0.1) is 0 Å². The van der Waals surface area contributed by atoms with Crippen molar-refractivity contribution < 1.29 is 57.7 Å². The number of benzene rings is 3. The Morgan fingerprint density at radius 3 is 1.42 bits per heavy atom. The standard InChI is InChI=1S/C29H29.3ClH.Ti/c1-5-24-13-9-17-28(24)29(25-14-6-10-21(2)18-25,26-15-7-11-22(3)19-26)27-16-8-12-23(4)20-27;;;;/h6-12,14-16,18-20H,5,17H2,1-4H3;3*1H;/q;;;;+3/p-3. The molecule has 0 atom stereocenters. The molecule has 0 fully saturated rings. The molecule has 0 aliphatic heterocycles. The van der Waals surface area contributed by atoms with Gasteiger partial charge >= 0.3 is 194 Å². The summed E-state index contributed by atoms with van der Waals surface area (Å²) in [6.45, 7) is 8.90. The van der Waals surface area contributed by atoms with Gasteiger partial charge in [-0.2, -0.15) is 0 Å². The van der Waals surface area contributed by atoms with Gasteiger partial charge in [-0.3, -0.25) is 0 Å². The molecular weight excluding hydrogens is 503 g/mol. The quantitative estimate of drug-likeness (QED) is 0.278. The smallest absolute Gasteiger partial charge is 1.00 e. The first-order chi connectivity index (χ1) is 14.5. The van der Waals surface area contributed by atoms with Crippen LogP contribution in [0.2, 0.25) is 0 Å². The number of hydrogen-bond acceptors (Lipinski definition) is 0. The molecule has 0 aromatic heterocycles. The molecule has 0 saturated heterocycles. The van der Waals surface area contributed by atoms with Gasteiger partial charge in [-0.05, 0) is 0 Å². The predicted octanol–water partition coefficient (Wildman–Crippen LogP) is -1.50. The first-order valence-electron chi connectivity index (χ1n) is 10.8. The van der Waals surface area contributed by atoms with Gasteiger partial charge in [0.1, 0.15) is 0 Å². The Morgan fingerprint density at radius 1 is 0.697 bits per heavy atom. The summed E-state index contributed by atoms with van der Waals surface area (Å²) >= 11 is 2.28. The largest absolute Gasteiger partial charge is 1.00 e. The molecule has 0 N–H and O–H groups in total. The van der Waals surface area contributed by atoms with E-state index in [1.165, 1.54) is 48.4 Å². The number of hydrogen-bond donors (Lipinski definition) is 0. The van der Waals surface area contributed by atoms with Gasteiger partial charge in [-0.25, -0.2) is 0 Å². The Balaban J connectivity index is 0.00000181. The van der Waals surface area contributed by atoms with Gasteiger partial charge in [-0.15, -0.1) is 0 Å². The number of rotatable bonds is 5. The zero-order valence-electron chi connectivity index (χ0n) is 19.6. The van der Waals surface area contributed by atoms with Crippen molar-refractivity contribution in [2.75, 3.05) is 0 Å². The Hall–Kier alpha value is -1.28. The normalized spacial score (nSPS) is 13.0. The van der Waals surface area contributed by atoms with Gasteiger partial charge in [-0.1, -0.05) is 0 Å². The molecule has 3 aromatic rings. The van der Waals surface area contributed by atoms with Gasteiger partial charge in [0.25, 0.3) is 0 Å². The molecule has 4 heteroatoms. The summed E-state index contributed by atoms with van der Waals surface area (Å²) in [7, 11) is 0. The van der Waals surface area contributed by atoms with E-state index < -0.39 is 0 Å². The van der Waals surface area contributed by atoms with E-state index in [4.69, 9.17) is 0 Å². The molecule has 0 saturated carbocycles. The molecule has 0 nitrogen and oxygen atoms in total. The fourth-order valence-corrected chi connectivity index (χ4v) is 5.73. The van der Waals surface area contributed by atoms with Gasteiger partial charge in [0.15, 0.2) is 0 Å². The Labute approximate surface area is 229 Å². The molecule has 0 amide bonds. The average Bonchev–Trinajstić information content (AvgIpc) is 3.10. The SMILES string of the molecule is CCC1=C(C(c2cccc(C)c2)(c2cccc(C)c2)c2cccc(C)c2)CC=[C]1[Ti+3].[Cl-].[Cl-].[Cl-]. The minimum atomic E-state index is -0.288. The third-order valence-corrected chi connectivity index (χ3v) is 7.15. The second kappa shape index (κ2) is 12.4. The summed E-state index contributed by atoms with van der Waals surface area (Å²) in [5.74, 6) is 0. The van der Waals surface area contributed by atoms with Crippen LogP contribution in [0.5, 0.6) is 0 Å². The van der Waals surface area contributed by atoms with Crippen molar-refractivity contribution in [2.45, 2.75) is 46.0 Å².